The Bertz CT molecular complexity index is 461. The molecule has 2 unspecified atom stereocenters. The fourth-order valence-electron chi connectivity index (χ4n) is 3.24. The largest absolute Gasteiger partial charge is 0.338 e. The SMILES string of the molecule is CC1C(c2ccccc2)CCN1C(=O)CNCC1CC1.Cl. The van der Waals surface area contributed by atoms with Gasteiger partial charge in [-0.2, -0.15) is 0 Å². The van der Waals surface area contributed by atoms with Crippen LogP contribution in [0.4, 0.5) is 0 Å². The molecule has 3 nitrogen and oxygen atoms in total. The highest BCUT2D eigenvalue weighted by Crippen LogP contribution is 2.33. The molecule has 1 saturated carbocycles. The summed E-state index contributed by atoms with van der Waals surface area (Å²) < 4.78 is 0. The molecule has 0 radical (unpaired) electrons. The van der Waals surface area contributed by atoms with Gasteiger partial charge in [-0.1, -0.05) is 30.3 Å². The number of benzene rings is 1. The van der Waals surface area contributed by atoms with E-state index in [1.165, 1.54) is 18.4 Å². The first-order chi connectivity index (χ1) is 9.75. The van der Waals surface area contributed by atoms with Gasteiger partial charge in [0.15, 0.2) is 0 Å². The Kier molecular flexibility index (Phi) is 5.65. The number of likely N-dealkylation sites (tertiary alicyclic amines) is 1. The highest BCUT2D eigenvalue weighted by Gasteiger charge is 2.34. The third-order valence-electron chi connectivity index (χ3n) is 4.71. The Balaban J connectivity index is 0.00000161. The van der Waals surface area contributed by atoms with Gasteiger partial charge in [0.25, 0.3) is 0 Å². The molecular weight excluding hydrogens is 284 g/mol. The molecule has 0 aromatic heterocycles. The van der Waals surface area contributed by atoms with E-state index in [0.29, 0.717) is 18.5 Å². The second-order valence-corrected chi connectivity index (χ2v) is 6.21. The Labute approximate surface area is 133 Å². The van der Waals surface area contributed by atoms with Gasteiger partial charge < -0.3 is 10.2 Å². The molecule has 21 heavy (non-hydrogen) atoms. The molecule has 2 aliphatic rings. The molecule has 3 rings (SSSR count). The Morgan fingerprint density at radius 1 is 1.24 bits per heavy atom. The van der Waals surface area contributed by atoms with Crippen LogP contribution in [0.5, 0.6) is 0 Å². The molecule has 1 aromatic rings. The summed E-state index contributed by atoms with van der Waals surface area (Å²) in [6.07, 6.45) is 3.74. The minimum Gasteiger partial charge on any atom is -0.338 e. The lowest BCUT2D eigenvalue weighted by Crippen LogP contribution is -2.41. The van der Waals surface area contributed by atoms with E-state index in [9.17, 15) is 4.79 Å². The van der Waals surface area contributed by atoms with Crippen molar-refractivity contribution in [3.8, 4) is 0 Å². The van der Waals surface area contributed by atoms with Gasteiger partial charge in [0.1, 0.15) is 0 Å². The fraction of sp³-hybridized carbons (Fsp3) is 0.588. The zero-order chi connectivity index (χ0) is 13.9. The van der Waals surface area contributed by atoms with Crippen molar-refractivity contribution >= 4 is 18.3 Å². The van der Waals surface area contributed by atoms with Crippen molar-refractivity contribution in [3.63, 3.8) is 0 Å². The summed E-state index contributed by atoms with van der Waals surface area (Å²) in [7, 11) is 0. The van der Waals surface area contributed by atoms with E-state index in [1.54, 1.807) is 0 Å². The van der Waals surface area contributed by atoms with Crippen LogP contribution in [-0.4, -0.2) is 36.5 Å². The summed E-state index contributed by atoms with van der Waals surface area (Å²) in [6.45, 7) is 4.59. The molecule has 1 aliphatic carbocycles. The number of hydrogen-bond acceptors (Lipinski definition) is 2. The van der Waals surface area contributed by atoms with Gasteiger partial charge in [0.2, 0.25) is 5.91 Å². The van der Waals surface area contributed by atoms with E-state index >= 15 is 0 Å². The van der Waals surface area contributed by atoms with E-state index in [4.69, 9.17) is 0 Å². The van der Waals surface area contributed by atoms with Gasteiger partial charge in [0.05, 0.1) is 6.54 Å². The van der Waals surface area contributed by atoms with E-state index in [-0.39, 0.29) is 18.3 Å². The molecule has 116 valence electrons. The number of rotatable bonds is 5. The van der Waals surface area contributed by atoms with E-state index in [0.717, 1.165) is 25.4 Å². The number of hydrogen-bond donors (Lipinski definition) is 1. The van der Waals surface area contributed by atoms with Crippen molar-refractivity contribution in [2.45, 2.75) is 38.1 Å². The lowest BCUT2D eigenvalue weighted by atomic mass is 9.93. The van der Waals surface area contributed by atoms with Gasteiger partial charge in [-0.05, 0) is 44.2 Å². The molecule has 1 heterocycles. The third-order valence-corrected chi connectivity index (χ3v) is 4.71. The standard InChI is InChI=1S/C17H24N2O.ClH/c1-13-16(15-5-3-2-4-6-15)9-10-19(13)17(20)12-18-11-14-7-8-14;/h2-6,13-14,16,18H,7-12H2,1H3;1H. The van der Waals surface area contributed by atoms with E-state index in [1.807, 2.05) is 6.07 Å². The van der Waals surface area contributed by atoms with Crippen molar-refractivity contribution in [2.24, 2.45) is 5.92 Å². The summed E-state index contributed by atoms with van der Waals surface area (Å²) in [6, 6.07) is 10.9. The zero-order valence-electron chi connectivity index (χ0n) is 12.6. The number of carbonyl (C=O) groups is 1. The summed E-state index contributed by atoms with van der Waals surface area (Å²) >= 11 is 0. The Morgan fingerprint density at radius 3 is 2.62 bits per heavy atom. The molecule has 1 aliphatic heterocycles. The fourth-order valence-corrected chi connectivity index (χ4v) is 3.24. The number of nitrogens with zero attached hydrogens (tertiary/aromatic N) is 1. The molecule has 1 N–H and O–H groups in total. The second-order valence-electron chi connectivity index (χ2n) is 6.21. The van der Waals surface area contributed by atoms with Gasteiger partial charge >= 0.3 is 0 Å². The van der Waals surface area contributed by atoms with Crippen molar-refractivity contribution < 1.29 is 4.79 Å². The first kappa shape index (κ1) is 16.3. The summed E-state index contributed by atoms with van der Waals surface area (Å²) in [4.78, 5) is 14.4. The predicted octanol–water partition coefficient (Wildman–Crippen LogP) is 2.81. The molecule has 1 aromatic carbocycles. The average Bonchev–Trinajstić information content (AvgIpc) is 3.21. The maximum absolute atomic E-state index is 12.3. The van der Waals surface area contributed by atoms with Crippen LogP contribution in [0, 0.1) is 5.92 Å². The predicted molar refractivity (Wildman–Crippen MR) is 87.8 cm³/mol. The van der Waals surface area contributed by atoms with Gasteiger partial charge in [-0.3, -0.25) is 4.79 Å². The minimum absolute atomic E-state index is 0. The third kappa shape index (κ3) is 3.98. The smallest absolute Gasteiger partial charge is 0.236 e. The van der Waals surface area contributed by atoms with Crippen LogP contribution in [-0.2, 0) is 4.79 Å². The van der Waals surface area contributed by atoms with Crippen molar-refractivity contribution in [1.29, 1.82) is 0 Å². The molecule has 1 saturated heterocycles. The number of nitrogens with one attached hydrogen (secondary N) is 1. The molecule has 4 heteroatoms. The summed E-state index contributed by atoms with van der Waals surface area (Å²) in [5.41, 5.74) is 1.36. The monoisotopic (exact) mass is 308 g/mol. The van der Waals surface area contributed by atoms with Gasteiger partial charge in [0, 0.05) is 18.5 Å². The first-order valence-corrected chi connectivity index (χ1v) is 7.81. The first-order valence-electron chi connectivity index (χ1n) is 7.81. The lowest BCUT2D eigenvalue weighted by molar-refractivity contribution is -0.130. The maximum Gasteiger partial charge on any atom is 0.236 e. The van der Waals surface area contributed by atoms with E-state index in [2.05, 4.69) is 41.4 Å². The Morgan fingerprint density at radius 2 is 1.95 bits per heavy atom. The minimum atomic E-state index is 0. The van der Waals surface area contributed by atoms with Crippen LogP contribution < -0.4 is 5.32 Å². The summed E-state index contributed by atoms with van der Waals surface area (Å²) in [5.74, 6) is 1.58. The van der Waals surface area contributed by atoms with Crippen molar-refractivity contribution in [2.75, 3.05) is 19.6 Å². The van der Waals surface area contributed by atoms with Crippen molar-refractivity contribution in [1.82, 2.24) is 10.2 Å². The highest BCUT2D eigenvalue weighted by molar-refractivity contribution is 5.85. The maximum atomic E-state index is 12.3. The topological polar surface area (TPSA) is 32.3 Å². The number of amides is 1. The molecule has 2 fully saturated rings. The highest BCUT2D eigenvalue weighted by atomic mass is 35.5. The van der Waals surface area contributed by atoms with Crippen LogP contribution >= 0.6 is 12.4 Å². The normalized spacial score (nSPS) is 24.7. The van der Waals surface area contributed by atoms with Gasteiger partial charge in [-0.25, -0.2) is 0 Å². The lowest BCUT2D eigenvalue weighted by Gasteiger charge is -2.25. The molecule has 1 amide bonds. The van der Waals surface area contributed by atoms with E-state index < -0.39 is 0 Å². The van der Waals surface area contributed by atoms with Crippen LogP contribution in [0.15, 0.2) is 30.3 Å². The van der Waals surface area contributed by atoms with Crippen LogP contribution in [0.2, 0.25) is 0 Å². The van der Waals surface area contributed by atoms with Crippen molar-refractivity contribution in [3.05, 3.63) is 35.9 Å². The quantitative estimate of drug-likeness (QED) is 0.907. The average molecular weight is 309 g/mol. The summed E-state index contributed by atoms with van der Waals surface area (Å²) in [5, 5.41) is 3.31. The van der Waals surface area contributed by atoms with Crippen LogP contribution in [0.25, 0.3) is 0 Å². The number of carbonyl (C=O) groups excluding carboxylic acids is 1. The molecule has 2 atom stereocenters. The van der Waals surface area contributed by atoms with Crippen LogP contribution in [0.1, 0.15) is 37.7 Å². The Hall–Kier alpha value is -1.06. The number of halogens is 1. The zero-order valence-corrected chi connectivity index (χ0v) is 13.4. The van der Waals surface area contributed by atoms with Crippen LogP contribution in [0.3, 0.4) is 0 Å². The molecule has 0 spiro atoms. The second kappa shape index (κ2) is 7.28. The van der Waals surface area contributed by atoms with Gasteiger partial charge in [-0.15, -0.1) is 12.4 Å². The molecular formula is C17H25ClN2O. The molecule has 0 bridgehead atoms.